The van der Waals surface area contributed by atoms with E-state index in [0.717, 1.165) is 12.8 Å². The molecule has 0 unspecified atom stereocenters. The lowest BCUT2D eigenvalue weighted by Crippen LogP contribution is -1.97. The molecular weight excluding hydrogens is 256 g/mol. The van der Waals surface area contributed by atoms with Gasteiger partial charge in [-0.2, -0.15) is 0 Å². The normalized spacial score (nSPS) is 11.6. The Hall–Kier alpha value is -0.440. The van der Waals surface area contributed by atoms with Crippen molar-refractivity contribution in [3.05, 3.63) is 11.6 Å². The third-order valence-corrected chi connectivity index (χ3v) is 3.58. The molecule has 0 aromatic carbocycles. The van der Waals surface area contributed by atoms with Crippen molar-refractivity contribution in [2.24, 2.45) is 0 Å². The van der Waals surface area contributed by atoms with Crippen molar-refractivity contribution in [3.8, 4) is 0 Å². The molecular formula is C16H30O2S. The van der Waals surface area contributed by atoms with Gasteiger partial charge in [0.05, 0.1) is 0 Å². The fourth-order valence-corrected chi connectivity index (χ4v) is 2.25. The average molecular weight is 286 g/mol. The number of hydrogen-bond donors (Lipinski definition) is 1. The lowest BCUT2D eigenvalue weighted by atomic mass is 10.1. The van der Waals surface area contributed by atoms with Gasteiger partial charge in [0, 0.05) is 18.5 Å². The van der Waals surface area contributed by atoms with Crippen LogP contribution < -0.4 is 0 Å². The van der Waals surface area contributed by atoms with Crippen molar-refractivity contribution in [1.82, 2.24) is 0 Å². The van der Waals surface area contributed by atoms with Gasteiger partial charge in [0.15, 0.2) is 0 Å². The molecule has 0 aromatic heterocycles. The van der Waals surface area contributed by atoms with E-state index in [-0.39, 0.29) is 5.97 Å². The first-order valence-corrected chi connectivity index (χ1v) is 8.11. The number of thiol groups is 1. The number of carbonyl (C=O) groups excluding carboxylic acids is 1. The van der Waals surface area contributed by atoms with E-state index in [1.54, 1.807) is 6.92 Å². The van der Waals surface area contributed by atoms with E-state index in [0.29, 0.717) is 5.57 Å². The Balaban J connectivity index is 3.25. The standard InChI is InChI=1S/C16H30O2S/c1-3-4-5-6-7-8-9-10-11-12-13-14-15(2)16(17)18-19/h14,19H,3-13H2,1-2H3. The lowest BCUT2D eigenvalue weighted by molar-refractivity contribution is -0.128. The molecule has 0 saturated heterocycles. The van der Waals surface area contributed by atoms with E-state index >= 15 is 0 Å². The first-order chi connectivity index (χ1) is 9.22. The van der Waals surface area contributed by atoms with Crippen LogP contribution >= 0.6 is 12.9 Å². The van der Waals surface area contributed by atoms with E-state index < -0.39 is 0 Å². The summed E-state index contributed by atoms with van der Waals surface area (Å²) < 4.78 is 4.35. The zero-order valence-corrected chi connectivity index (χ0v) is 13.5. The molecule has 3 heteroatoms. The largest absolute Gasteiger partial charge is 0.391 e. The molecule has 0 spiro atoms. The second-order valence-corrected chi connectivity index (χ2v) is 5.42. The molecule has 0 bridgehead atoms. The molecule has 0 heterocycles. The van der Waals surface area contributed by atoms with Crippen LogP contribution in [-0.2, 0) is 8.98 Å². The average Bonchev–Trinajstić information content (AvgIpc) is 2.43. The minimum absolute atomic E-state index is 0.338. The third kappa shape index (κ3) is 12.3. The van der Waals surface area contributed by atoms with Crippen LogP contribution in [0.15, 0.2) is 11.6 Å². The van der Waals surface area contributed by atoms with Crippen LogP contribution in [0.25, 0.3) is 0 Å². The van der Waals surface area contributed by atoms with Gasteiger partial charge < -0.3 is 4.18 Å². The van der Waals surface area contributed by atoms with Gasteiger partial charge >= 0.3 is 5.97 Å². The Kier molecular flexibility index (Phi) is 13.7. The summed E-state index contributed by atoms with van der Waals surface area (Å²) in [7, 11) is 0. The summed E-state index contributed by atoms with van der Waals surface area (Å²) in [6, 6.07) is 0. The monoisotopic (exact) mass is 286 g/mol. The number of rotatable bonds is 12. The maximum absolute atomic E-state index is 11.1. The molecule has 19 heavy (non-hydrogen) atoms. The Morgan fingerprint density at radius 1 is 0.947 bits per heavy atom. The zero-order chi connectivity index (χ0) is 14.3. The van der Waals surface area contributed by atoms with Crippen molar-refractivity contribution >= 4 is 18.9 Å². The predicted octanol–water partition coefficient (Wildman–Crippen LogP) is 5.63. The Morgan fingerprint density at radius 3 is 1.89 bits per heavy atom. The van der Waals surface area contributed by atoms with Gasteiger partial charge in [0.1, 0.15) is 0 Å². The zero-order valence-electron chi connectivity index (χ0n) is 12.6. The Morgan fingerprint density at radius 2 is 1.42 bits per heavy atom. The van der Waals surface area contributed by atoms with Gasteiger partial charge in [0.2, 0.25) is 0 Å². The van der Waals surface area contributed by atoms with Crippen molar-refractivity contribution in [2.75, 3.05) is 0 Å². The SMILES string of the molecule is CCCCCCCCCCCCC=C(C)C(=O)OS. The summed E-state index contributed by atoms with van der Waals surface area (Å²) in [5.74, 6) is -0.338. The predicted molar refractivity (Wildman–Crippen MR) is 85.3 cm³/mol. The molecule has 0 aliphatic carbocycles. The third-order valence-electron chi connectivity index (χ3n) is 3.41. The first kappa shape index (κ1) is 18.6. The second-order valence-electron chi connectivity index (χ2n) is 5.24. The fraction of sp³-hybridized carbons (Fsp3) is 0.812. The number of carbonyl (C=O) groups is 1. The summed E-state index contributed by atoms with van der Waals surface area (Å²) in [4.78, 5) is 11.1. The van der Waals surface area contributed by atoms with Crippen molar-refractivity contribution < 1.29 is 8.98 Å². The molecule has 0 radical (unpaired) electrons. The smallest absolute Gasteiger partial charge is 0.345 e. The summed E-state index contributed by atoms with van der Waals surface area (Å²) in [6.45, 7) is 4.03. The van der Waals surface area contributed by atoms with Crippen LogP contribution in [0.1, 0.15) is 84.5 Å². The van der Waals surface area contributed by atoms with Gasteiger partial charge in [-0.1, -0.05) is 70.8 Å². The van der Waals surface area contributed by atoms with Crippen LogP contribution in [0, 0.1) is 0 Å². The molecule has 0 N–H and O–H groups in total. The van der Waals surface area contributed by atoms with E-state index in [4.69, 9.17) is 0 Å². The molecule has 0 saturated carbocycles. The molecule has 0 atom stereocenters. The van der Waals surface area contributed by atoms with Gasteiger partial charge in [-0.3, -0.25) is 0 Å². The summed E-state index contributed by atoms with van der Waals surface area (Å²) in [5, 5.41) is 0. The van der Waals surface area contributed by atoms with Crippen molar-refractivity contribution in [3.63, 3.8) is 0 Å². The molecule has 112 valence electrons. The van der Waals surface area contributed by atoms with Gasteiger partial charge in [-0.15, -0.1) is 0 Å². The molecule has 0 rings (SSSR count). The second kappa shape index (κ2) is 14.0. The van der Waals surface area contributed by atoms with Crippen LogP contribution in [0.5, 0.6) is 0 Å². The van der Waals surface area contributed by atoms with E-state index in [2.05, 4.69) is 24.0 Å². The maximum Gasteiger partial charge on any atom is 0.345 e. The van der Waals surface area contributed by atoms with E-state index in [1.165, 1.54) is 57.8 Å². The number of unbranched alkanes of at least 4 members (excludes halogenated alkanes) is 10. The highest BCUT2D eigenvalue weighted by molar-refractivity contribution is 7.75. The highest BCUT2D eigenvalue weighted by Gasteiger charge is 2.01. The quantitative estimate of drug-likeness (QED) is 0.218. The highest BCUT2D eigenvalue weighted by atomic mass is 32.1. The minimum atomic E-state index is -0.338. The summed E-state index contributed by atoms with van der Waals surface area (Å²) in [5.41, 5.74) is 0.658. The van der Waals surface area contributed by atoms with Crippen LogP contribution in [0.2, 0.25) is 0 Å². The van der Waals surface area contributed by atoms with Crippen molar-refractivity contribution in [2.45, 2.75) is 84.5 Å². The van der Waals surface area contributed by atoms with Gasteiger partial charge in [0.25, 0.3) is 0 Å². The van der Waals surface area contributed by atoms with E-state index in [1.807, 2.05) is 6.08 Å². The first-order valence-electron chi connectivity index (χ1n) is 7.74. The van der Waals surface area contributed by atoms with Gasteiger partial charge in [-0.25, -0.2) is 4.79 Å². The molecule has 0 fully saturated rings. The van der Waals surface area contributed by atoms with Gasteiger partial charge in [-0.05, 0) is 19.8 Å². The Labute approximate surface area is 124 Å². The fourth-order valence-electron chi connectivity index (χ4n) is 2.11. The Bertz CT molecular complexity index is 249. The maximum atomic E-state index is 11.1. The molecule has 0 aliphatic heterocycles. The van der Waals surface area contributed by atoms with Crippen LogP contribution in [-0.4, -0.2) is 5.97 Å². The molecule has 0 amide bonds. The molecule has 0 aliphatic rings. The lowest BCUT2D eigenvalue weighted by Gasteiger charge is -2.01. The van der Waals surface area contributed by atoms with Crippen LogP contribution in [0.3, 0.4) is 0 Å². The molecule has 2 nitrogen and oxygen atoms in total. The van der Waals surface area contributed by atoms with Crippen molar-refractivity contribution in [1.29, 1.82) is 0 Å². The topological polar surface area (TPSA) is 26.3 Å². The summed E-state index contributed by atoms with van der Waals surface area (Å²) in [6.07, 6.45) is 16.3. The van der Waals surface area contributed by atoms with E-state index in [9.17, 15) is 4.79 Å². The summed E-state index contributed by atoms with van der Waals surface area (Å²) >= 11 is 3.50. The highest BCUT2D eigenvalue weighted by Crippen LogP contribution is 2.12. The number of hydrogen-bond acceptors (Lipinski definition) is 3. The molecule has 0 aromatic rings. The van der Waals surface area contributed by atoms with Crippen LogP contribution in [0.4, 0.5) is 0 Å². The minimum Gasteiger partial charge on any atom is -0.391 e. The number of allylic oxidation sites excluding steroid dienone is 1.